The monoisotopic (exact) mass is 585 g/mol. The fourth-order valence-corrected chi connectivity index (χ4v) is 3.85. The summed E-state index contributed by atoms with van der Waals surface area (Å²) < 4.78 is 0. The molecule has 0 bridgehead atoms. The quantitative estimate of drug-likeness (QED) is 0.196. The van der Waals surface area contributed by atoms with E-state index in [1.807, 2.05) is 25.2 Å². The van der Waals surface area contributed by atoms with Gasteiger partial charge in [-0.15, -0.1) is 11.3 Å². The number of benzene rings is 1. The summed E-state index contributed by atoms with van der Waals surface area (Å²) in [6, 6.07) is 12.1. The van der Waals surface area contributed by atoms with Crippen molar-refractivity contribution < 1.29 is 14.4 Å². The highest BCUT2D eigenvalue weighted by Crippen LogP contribution is 2.20. The number of allylic oxidation sites excluding steroid dienone is 2. The largest absolute Gasteiger partial charge is 0.372 e. The molecule has 0 aliphatic rings. The fourth-order valence-electron chi connectivity index (χ4n) is 2.93. The van der Waals surface area contributed by atoms with Crippen molar-refractivity contribution in [3.05, 3.63) is 70.2 Å². The second-order valence-electron chi connectivity index (χ2n) is 8.48. The molecule has 228 valence electrons. The molecular formula is C32H51N5O3S. The summed E-state index contributed by atoms with van der Waals surface area (Å²) >= 11 is 1.69. The number of carbonyl (C=O) groups is 3. The molecule has 0 aliphatic carbocycles. The zero-order chi connectivity index (χ0) is 31.7. The first-order valence-electron chi connectivity index (χ1n) is 13.9. The normalized spacial score (nSPS) is 9.88. The van der Waals surface area contributed by atoms with Crippen LogP contribution in [0.15, 0.2) is 49.1 Å². The predicted molar refractivity (Wildman–Crippen MR) is 173 cm³/mol. The summed E-state index contributed by atoms with van der Waals surface area (Å²) in [5.74, 6) is 0.0853. The van der Waals surface area contributed by atoms with Gasteiger partial charge in [0.25, 0.3) is 0 Å². The van der Waals surface area contributed by atoms with Crippen LogP contribution >= 0.6 is 11.3 Å². The van der Waals surface area contributed by atoms with Crippen LogP contribution in [0.25, 0.3) is 6.08 Å². The Morgan fingerprint density at radius 3 is 2.20 bits per heavy atom. The number of hydrogen-bond acceptors (Lipinski definition) is 7. The lowest BCUT2D eigenvalue weighted by Gasteiger charge is -2.18. The fraction of sp³-hybridized carbons (Fsp3) is 0.469. The second kappa shape index (κ2) is 32.6. The van der Waals surface area contributed by atoms with Crippen LogP contribution in [0.3, 0.4) is 0 Å². The molecule has 2 aromatic rings. The highest BCUT2D eigenvalue weighted by Gasteiger charge is 2.14. The number of hydrogen-bond donors (Lipinski definition) is 3. The minimum atomic E-state index is 0.0853. The topological polar surface area (TPSA) is 138 Å². The Balaban J connectivity index is -0.000000862. The van der Waals surface area contributed by atoms with Crippen molar-refractivity contribution in [1.82, 2.24) is 15.6 Å². The number of aryl methyl sites for hydroxylation is 2. The van der Waals surface area contributed by atoms with Crippen LogP contribution in [0.2, 0.25) is 0 Å². The van der Waals surface area contributed by atoms with E-state index in [-0.39, 0.29) is 18.4 Å². The lowest BCUT2D eigenvalue weighted by molar-refractivity contribution is -0.121. The van der Waals surface area contributed by atoms with E-state index in [1.54, 1.807) is 17.4 Å². The molecule has 0 saturated heterocycles. The maximum Gasteiger partial charge on any atom is 0.220 e. The molecular weight excluding hydrogens is 534 g/mol. The molecule has 41 heavy (non-hydrogen) atoms. The van der Waals surface area contributed by atoms with E-state index in [2.05, 4.69) is 79.9 Å². The van der Waals surface area contributed by atoms with Crippen LogP contribution in [-0.4, -0.2) is 43.2 Å². The van der Waals surface area contributed by atoms with Gasteiger partial charge >= 0.3 is 0 Å². The predicted octanol–water partition coefficient (Wildman–Crippen LogP) is 5.95. The molecule has 0 fully saturated rings. The number of aldehydes is 1. The zero-order valence-corrected chi connectivity index (χ0v) is 26.6. The van der Waals surface area contributed by atoms with Crippen molar-refractivity contribution in [3.8, 4) is 6.07 Å². The van der Waals surface area contributed by atoms with Gasteiger partial charge in [0.2, 0.25) is 12.3 Å². The lowest BCUT2D eigenvalue weighted by atomic mass is 10.1. The van der Waals surface area contributed by atoms with Gasteiger partial charge in [0, 0.05) is 37.2 Å². The average Bonchev–Trinajstić information content (AvgIpc) is 3.33. The summed E-state index contributed by atoms with van der Waals surface area (Å²) in [6.45, 7) is 13.9. The van der Waals surface area contributed by atoms with E-state index >= 15 is 0 Å². The summed E-state index contributed by atoms with van der Waals surface area (Å²) in [5.41, 5.74) is 6.44. The Kier molecular flexibility index (Phi) is 33.3. The maximum absolute atomic E-state index is 12.4. The highest BCUT2D eigenvalue weighted by atomic mass is 32.1. The third-order valence-electron chi connectivity index (χ3n) is 4.91. The van der Waals surface area contributed by atoms with Gasteiger partial charge in [-0.1, -0.05) is 83.0 Å². The number of thiazole rings is 1. The molecule has 1 unspecified atom stereocenters. The van der Waals surface area contributed by atoms with Crippen LogP contribution in [0.1, 0.15) is 80.9 Å². The van der Waals surface area contributed by atoms with Crippen molar-refractivity contribution >= 4 is 36.0 Å². The molecule has 1 aromatic carbocycles. The Bertz CT molecular complexity index is 977. The SMILES string of the molecule is C=CC=O.CC#N.CCC/C=C\c1nc(CCC(=O)NC(CNC)Cc2ccccc2)sc1C.CCCC.NC=O. The minimum Gasteiger partial charge on any atom is -0.372 e. The Labute approximate surface area is 252 Å². The molecule has 0 spiro atoms. The van der Waals surface area contributed by atoms with Crippen LogP contribution in [0.4, 0.5) is 0 Å². The number of nitriles is 1. The molecule has 8 nitrogen and oxygen atoms in total. The van der Waals surface area contributed by atoms with Crippen molar-refractivity contribution in [2.45, 2.75) is 85.6 Å². The van der Waals surface area contributed by atoms with E-state index in [0.717, 1.165) is 36.5 Å². The third-order valence-corrected chi connectivity index (χ3v) is 5.96. The van der Waals surface area contributed by atoms with Crippen molar-refractivity contribution in [2.24, 2.45) is 5.73 Å². The number of aromatic nitrogens is 1. The molecule has 1 aromatic heterocycles. The molecule has 2 rings (SSSR count). The van der Waals surface area contributed by atoms with E-state index in [9.17, 15) is 4.79 Å². The van der Waals surface area contributed by atoms with Gasteiger partial charge in [0.15, 0.2) is 0 Å². The number of primary amides is 1. The first-order chi connectivity index (χ1) is 19.8. The van der Waals surface area contributed by atoms with Crippen LogP contribution in [0, 0.1) is 18.3 Å². The zero-order valence-electron chi connectivity index (χ0n) is 25.8. The van der Waals surface area contributed by atoms with E-state index in [1.165, 1.54) is 36.3 Å². The van der Waals surface area contributed by atoms with Crippen molar-refractivity contribution in [2.75, 3.05) is 13.6 Å². The second-order valence-corrected chi connectivity index (χ2v) is 9.77. The number of likely N-dealkylation sites (N-methyl/N-ethyl adjacent to an activating group) is 1. The van der Waals surface area contributed by atoms with Crippen molar-refractivity contribution in [3.63, 3.8) is 0 Å². The van der Waals surface area contributed by atoms with E-state index in [0.29, 0.717) is 19.1 Å². The molecule has 0 aliphatic heterocycles. The molecule has 0 radical (unpaired) electrons. The first-order valence-corrected chi connectivity index (χ1v) is 14.7. The summed E-state index contributed by atoms with van der Waals surface area (Å²) in [5, 5.41) is 14.7. The Hall–Kier alpha value is -3.61. The summed E-state index contributed by atoms with van der Waals surface area (Å²) in [6.07, 6.45) is 13.2. The number of carbonyl (C=O) groups excluding carboxylic acids is 3. The highest BCUT2D eigenvalue weighted by molar-refractivity contribution is 7.11. The van der Waals surface area contributed by atoms with Crippen LogP contribution in [0.5, 0.6) is 0 Å². The minimum absolute atomic E-state index is 0.0853. The summed E-state index contributed by atoms with van der Waals surface area (Å²) in [4.78, 5) is 36.0. The van der Waals surface area contributed by atoms with Crippen molar-refractivity contribution in [1.29, 1.82) is 5.26 Å². The van der Waals surface area contributed by atoms with E-state index in [4.69, 9.17) is 14.9 Å². The average molecular weight is 586 g/mol. The Morgan fingerprint density at radius 2 is 1.73 bits per heavy atom. The number of amides is 2. The van der Waals surface area contributed by atoms with Gasteiger partial charge in [-0.3, -0.25) is 14.4 Å². The van der Waals surface area contributed by atoms with Gasteiger partial charge in [0.05, 0.1) is 16.8 Å². The maximum atomic E-state index is 12.4. The molecule has 1 atom stereocenters. The molecule has 1 heterocycles. The number of nitrogens with zero attached hydrogens (tertiary/aromatic N) is 2. The smallest absolute Gasteiger partial charge is 0.220 e. The summed E-state index contributed by atoms with van der Waals surface area (Å²) in [7, 11) is 1.91. The van der Waals surface area contributed by atoms with Gasteiger partial charge in [0.1, 0.15) is 6.29 Å². The number of nitrogens with two attached hydrogens (primary N) is 1. The number of unbranched alkanes of at least 4 members (excludes halogenated alkanes) is 2. The molecule has 4 N–H and O–H groups in total. The molecule has 2 amide bonds. The van der Waals surface area contributed by atoms with E-state index < -0.39 is 0 Å². The van der Waals surface area contributed by atoms with Gasteiger partial charge in [-0.05, 0) is 44.5 Å². The standard InChI is InChI=1S/C22H31N3OS.C4H10.C3H4O.C2H3N.CH3NO/c1-4-5-7-12-20-17(2)27-22(25-20)14-13-21(26)24-19(16-23-3)15-18-10-8-6-9-11-18;1-3-4-2;1-2-3-4;1-2-3;2-1-3/h6-12,19,23H,4-5,13-16H2,1-3H3,(H,24,26);3-4H2,1-2H3;2-3H,1H2;1H3;1H,(H2,2,3)/b12-7-;;;;. The number of rotatable bonds is 13. The molecule has 0 saturated carbocycles. The Morgan fingerprint density at radius 1 is 1.17 bits per heavy atom. The van der Waals surface area contributed by atoms with Crippen LogP contribution in [-0.2, 0) is 27.2 Å². The lowest BCUT2D eigenvalue weighted by Crippen LogP contribution is -2.42. The third kappa shape index (κ3) is 27.7. The van der Waals surface area contributed by atoms with Gasteiger partial charge in [-0.25, -0.2) is 4.98 Å². The van der Waals surface area contributed by atoms with Crippen LogP contribution < -0.4 is 16.4 Å². The van der Waals surface area contributed by atoms with Gasteiger partial charge in [-0.2, -0.15) is 5.26 Å². The molecule has 9 heteroatoms. The number of nitrogens with one attached hydrogen (secondary N) is 2. The van der Waals surface area contributed by atoms with Gasteiger partial charge < -0.3 is 16.4 Å². The first kappa shape index (κ1) is 41.9.